The summed E-state index contributed by atoms with van der Waals surface area (Å²) >= 11 is 6.33. The number of benzene rings is 2. The van der Waals surface area contributed by atoms with Crippen LogP contribution in [0.15, 0.2) is 36.4 Å². The number of methoxy groups -OCH3 is 1. The van der Waals surface area contributed by atoms with Crippen LogP contribution in [0.1, 0.15) is 35.8 Å². The molecule has 1 unspecified atom stereocenters. The maximum atomic E-state index is 13.1. The summed E-state index contributed by atoms with van der Waals surface area (Å²) in [4.78, 5) is 28.1. The van der Waals surface area contributed by atoms with E-state index in [0.717, 1.165) is 5.56 Å². The Labute approximate surface area is 186 Å². The second-order valence-corrected chi connectivity index (χ2v) is 7.64. The molecule has 2 aromatic carbocycles. The smallest absolute Gasteiger partial charge is 0.286 e. The van der Waals surface area contributed by atoms with E-state index >= 15 is 0 Å². The van der Waals surface area contributed by atoms with Gasteiger partial charge in [0.05, 0.1) is 24.7 Å². The van der Waals surface area contributed by atoms with Crippen molar-refractivity contribution in [3.05, 3.63) is 62.7 Å². The Hall–Kier alpha value is -2.84. The molecule has 0 aliphatic carbocycles. The molecule has 0 bridgehead atoms. The van der Waals surface area contributed by atoms with Crippen molar-refractivity contribution in [2.24, 2.45) is 0 Å². The second kappa shape index (κ2) is 9.98. The first-order valence-corrected chi connectivity index (χ1v) is 10.5. The zero-order chi connectivity index (χ0) is 22.5. The molecule has 8 nitrogen and oxygen atoms in total. The van der Waals surface area contributed by atoms with Crippen LogP contribution in [-0.4, -0.2) is 60.5 Å². The van der Waals surface area contributed by atoms with Crippen molar-refractivity contribution in [2.75, 3.05) is 39.9 Å². The van der Waals surface area contributed by atoms with E-state index in [2.05, 4.69) is 11.8 Å². The molecule has 0 saturated carbocycles. The SMILES string of the molecule is CCOc1cc([N+](=O)[O-])c(C(=O)N2CCN(C(C)c3ccccc3Cl)CC2)cc1OC. The van der Waals surface area contributed by atoms with Gasteiger partial charge in [0, 0.05) is 43.3 Å². The van der Waals surface area contributed by atoms with E-state index in [-0.39, 0.29) is 23.0 Å². The number of hydrogen-bond acceptors (Lipinski definition) is 6. The summed E-state index contributed by atoms with van der Waals surface area (Å²) in [6.45, 7) is 6.38. The predicted molar refractivity (Wildman–Crippen MR) is 118 cm³/mol. The molecule has 2 aromatic rings. The molecule has 1 atom stereocenters. The summed E-state index contributed by atoms with van der Waals surface area (Å²) in [5, 5.41) is 12.3. The van der Waals surface area contributed by atoms with Crippen LogP contribution < -0.4 is 9.47 Å². The number of nitrogens with zero attached hydrogens (tertiary/aromatic N) is 3. The zero-order valence-corrected chi connectivity index (χ0v) is 18.6. The summed E-state index contributed by atoms with van der Waals surface area (Å²) < 4.78 is 10.7. The number of amides is 1. The summed E-state index contributed by atoms with van der Waals surface area (Å²) in [6, 6.07) is 10.5. The summed E-state index contributed by atoms with van der Waals surface area (Å²) in [5.74, 6) is 0.145. The third-order valence-electron chi connectivity index (χ3n) is 5.51. The Morgan fingerprint density at radius 3 is 2.45 bits per heavy atom. The molecule has 1 amide bonds. The van der Waals surface area contributed by atoms with E-state index in [9.17, 15) is 14.9 Å². The van der Waals surface area contributed by atoms with Crippen LogP contribution in [0.3, 0.4) is 0 Å². The molecule has 0 aromatic heterocycles. The van der Waals surface area contributed by atoms with Crippen molar-refractivity contribution in [3.63, 3.8) is 0 Å². The normalized spacial score (nSPS) is 15.4. The molecule has 1 heterocycles. The molecule has 1 aliphatic rings. The van der Waals surface area contributed by atoms with Gasteiger partial charge in [0.1, 0.15) is 5.56 Å². The van der Waals surface area contributed by atoms with Gasteiger partial charge in [-0.1, -0.05) is 29.8 Å². The fraction of sp³-hybridized carbons (Fsp3) is 0.409. The first kappa shape index (κ1) is 22.8. The number of ether oxygens (including phenoxy) is 2. The van der Waals surface area contributed by atoms with Gasteiger partial charge in [-0.3, -0.25) is 19.8 Å². The zero-order valence-electron chi connectivity index (χ0n) is 17.8. The topological polar surface area (TPSA) is 85.1 Å². The Morgan fingerprint density at radius 2 is 1.87 bits per heavy atom. The number of carbonyl (C=O) groups is 1. The summed E-state index contributed by atoms with van der Waals surface area (Å²) in [5.41, 5.74) is 0.745. The van der Waals surface area contributed by atoms with Gasteiger partial charge >= 0.3 is 0 Å². The number of carbonyl (C=O) groups excluding carboxylic acids is 1. The number of piperazine rings is 1. The molecule has 31 heavy (non-hydrogen) atoms. The van der Waals surface area contributed by atoms with Gasteiger partial charge in [0.25, 0.3) is 11.6 Å². The quantitative estimate of drug-likeness (QED) is 0.467. The Morgan fingerprint density at radius 1 is 1.19 bits per heavy atom. The van der Waals surface area contributed by atoms with Crippen molar-refractivity contribution in [2.45, 2.75) is 19.9 Å². The van der Waals surface area contributed by atoms with Crippen LogP contribution in [0.25, 0.3) is 0 Å². The molecular weight excluding hydrogens is 422 g/mol. The first-order valence-electron chi connectivity index (χ1n) is 10.1. The molecule has 1 fully saturated rings. The summed E-state index contributed by atoms with van der Waals surface area (Å²) in [6.07, 6.45) is 0. The molecular formula is C22H26ClN3O5. The van der Waals surface area contributed by atoms with Crippen LogP contribution >= 0.6 is 11.6 Å². The highest BCUT2D eigenvalue weighted by Gasteiger charge is 2.31. The average Bonchev–Trinajstić information content (AvgIpc) is 2.78. The Balaban J connectivity index is 1.77. The Bertz CT molecular complexity index is 960. The second-order valence-electron chi connectivity index (χ2n) is 7.24. The highest BCUT2D eigenvalue weighted by atomic mass is 35.5. The maximum Gasteiger partial charge on any atom is 0.286 e. The fourth-order valence-electron chi connectivity index (χ4n) is 3.79. The van der Waals surface area contributed by atoms with Crippen molar-refractivity contribution >= 4 is 23.2 Å². The lowest BCUT2D eigenvalue weighted by molar-refractivity contribution is -0.385. The van der Waals surface area contributed by atoms with Gasteiger partial charge in [-0.15, -0.1) is 0 Å². The maximum absolute atomic E-state index is 13.1. The van der Waals surface area contributed by atoms with Crippen molar-refractivity contribution in [1.82, 2.24) is 9.80 Å². The minimum absolute atomic E-state index is 0.00194. The van der Waals surface area contributed by atoms with E-state index in [0.29, 0.717) is 43.6 Å². The molecule has 9 heteroatoms. The van der Waals surface area contributed by atoms with Gasteiger partial charge in [-0.25, -0.2) is 0 Å². The van der Waals surface area contributed by atoms with E-state index in [1.807, 2.05) is 24.3 Å². The van der Waals surface area contributed by atoms with E-state index in [1.54, 1.807) is 11.8 Å². The number of hydrogen-bond donors (Lipinski definition) is 0. The molecule has 0 spiro atoms. The minimum Gasteiger partial charge on any atom is -0.493 e. The van der Waals surface area contributed by atoms with Crippen molar-refractivity contribution < 1.29 is 19.2 Å². The number of rotatable bonds is 7. The highest BCUT2D eigenvalue weighted by molar-refractivity contribution is 6.31. The molecule has 0 radical (unpaired) electrons. The van der Waals surface area contributed by atoms with E-state index < -0.39 is 10.8 Å². The van der Waals surface area contributed by atoms with Crippen LogP contribution in [0.4, 0.5) is 5.69 Å². The molecule has 1 aliphatic heterocycles. The van der Waals surface area contributed by atoms with E-state index in [4.69, 9.17) is 21.1 Å². The van der Waals surface area contributed by atoms with E-state index in [1.165, 1.54) is 19.2 Å². The van der Waals surface area contributed by atoms with Crippen LogP contribution in [0.5, 0.6) is 11.5 Å². The van der Waals surface area contributed by atoms with Gasteiger partial charge in [-0.05, 0) is 25.5 Å². The van der Waals surface area contributed by atoms with Crippen LogP contribution in [0.2, 0.25) is 5.02 Å². The number of halogens is 1. The number of nitro benzene ring substituents is 1. The van der Waals surface area contributed by atoms with Gasteiger partial charge < -0.3 is 14.4 Å². The van der Waals surface area contributed by atoms with Crippen LogP contribution in [0, 0.1) is 10.1 Å². The lowest BCUT2D eigenvalue weighted by Crippen LogP contribution is -2.49. The largest absolute Gasteiger partial charge is 0.493 e. The molecule has 3 rings (SSSR count). The van der Waals surface area contributed by atoms with Crippen LogP contribution in [-0.2, 0) is 0 Å². The highest BCUT2D eigenvalue weighted by Crippen LogP contribution is 2.36. The lowest BCUT2D eigenvalue weighted by atomic mass is 10.1. The van der Waals surface area contributed by atoms with Gasteiger partial charge in [0.15, 0.2) is 11.5 Å². The molecule has 1 saturated heterocycles. The fourth-order valence-corrected chi connectivity index (χ4v) is 4.09. The monoisotopic (exact) mass is 447 g/mol. The third-order valence-corrected chi connectivity index (χ3v) is 5.86. The number of nitro groups is 1. The third kappa shape index (κ3) is 4.91. The average molecular weight is 448 g/mol. The Kier molecular flexibility index (Phi) is 7.35. The minimum atomic E-state index is -0.565. The van der Waals surface area contributed by atoms with Crippen molar-refractivity contribution in [3.8, 4) is 11.5 Å². The molecule has 166 valence electrons. The van der Waals surface area contributed by atoms with Gasteiger partial charge in [-0.2, -0.15) is 0 Å². The standard InChI is InChI=1S/C22H26ClN3O5/c1-4-31-21-14-19(26(28)29)17(13-20(21)30-3)22(27)25-11-9-24(10-12-25)15(2)16-7-5-6-8-18(16)23/h5-8,13-15H,4,9-12H2,1-3H3. The molecule has 0 N–H and O–H groups in total. The van der Waals surface area contributed by atoms with Gasteiger partial charge in [0.2, 0.25) is 0 Å². The first-order chi connectivity index (χ1) is 14.9. The van der Waals surface area contributed by atoms with Crippen molar-refractivity contribution in [1.29, 1.82) is 0 Å². The lowest BCUT2D eigenvalue weighted by Gasteiger charge is -2.38. The summed E-state index contributed by atoms with van der Waals surface area (Å²) in [7, 11) is 1.44. The predicted octanol–water partition coefficient (Wildman–Crippen LogP) is 4.17.